The van der Waals surface area contributed by atoms with Gasteiger partial charge in [-0.15, -0.1) is 0 Å². The molecule has 198 valence electrons. The molecule has 1 amide bonds. The Morgan fingerprint density at radius 3 is 1.70 bits per heavy atom. The van der Waals surface area contributed by atoms with Gasteiger partial charge in [0.1, 0.15) is 0 Å². The van der Waals surface area contributed by atoms with E-state index in [0.29, 0.717) is 65.3 Å². The first kappa shape index (κ1) is 32.3. The zero-order valence-corrected chi connectivity index (χ0v) is 22.0. The van der Waals surface area contributed by atoms with Crippen LogP contribution >= 0.6 is 0 Å². The lowest BCUT2D eigenvalue weighted by atomic mass is 10.1. The molecule has 33 heavy (non-hydrogen) atoms. The number of nitrogens with one attached hydrogen (secondary N) is 1. The van der Waals surface area contributed by atoms with Gasteiger partial charge in [-0.1, -0.05) is 39.5 Å². The predicted octanol–water partition coefficient (Wildman–Crippen LogP) is 4.76. The summed E-state index contributed by atoms with van der Waals surface area (Å²) >= 11 is 0. The average Bonchev–Trinajstić information content (AvgIpc) is 2.77. The Kier molecular flexibility index (Phi) is 25.3. The molecule has 0 unspecified atom stereocenters. The summed E-state index contributed by atoms with van der Waals surface area (Å²) in [6.45, 7) is 14.7. The van der Waals surface area contributed by atoms with Gasteiger partial charge >= 0.3 is 0 Å². The molecule has 0 fully saturated rings. The van der Waals surface area contributed by atoms with Gasteiger partial charge in [-0.25, -0.2) is 0 Å². The van der Waals surface area contributed by atoms with Crippen molar-refractivity contribution in [2.45, 2.75) is 91.6 Å². The van der Waals surface area contributed by atoms with E-state index in [0.717, 1.165) is 44.8 Å². The van der Waals surface area contributed by atoms with Crippen molar-refractivity contribution >= 4 is 5.91 Å². The fourth-order valence-corrected chi connectivity index (χ4v) is 3.12. The van der Waals surface area contributed by atoms with Crippen LogP contribution in [0.4, 0.5) is 0 Å². The molecule has 0 saturated carbocycles. The molecule has 0 spiro atoms. The number of hydrogen-bond donors (Lipinski definition) is 1. The second kappa shape index (κ2) is 25.9. The maximum Gasteiger partial charge on any atom is 0.220 e. The summed E-state index contributed by atoms with van der Waals surface area (Å²) in [5.41, 5.74) is 0. The van der Waals surface area contributed by atoms with Crippen molar-refractivity contribution in [2.75, 3.05) is 66.0 Å². The minimum Gasteiger partial charge on any atom is -0.379 e. The van der Waals surface area contributed by atoms with Crippen LogP contribution in [0.1, 0.15) is 85.5 Å². The number of ether oxygens (including phenoxy) is 5. The quantitative estimate of drug-likeness (QED) is 0.182. The predicted molar refractivity (Wildman–Crippen MR) is 134 cm³/mol. The lowest BCUT2D eigenvalue weighted by Crippen LogP contribution is -2.27. The third kappa shape index (κ3) is 29.2. The number of amides is 1. The van der Waals surface area contributed by atoms with Crippen molar-refractivity contribution in [3.05, 3.63) is 0 Å². The smallest absolute Gasteiger partial charge is 0.220 e. The van der Waals surface area contributed by atoms with Gasteiger partial charge in [-0.2, -0.15) is 0 Å². The normalized spacial score (nSPS) is 11.6. The first-order chi connectivity index (χ1) is 16.0. The lowest BCUT2D eigenvalue weighted by molar-refractivity contribution is -0.121. The first-order valence-corrected chi connectivity index (χ1v) is 13.2. The molecule has 0 radical (unpaired) electrons. The van der Waals surface area contributed by atoms with Gasteiger partial charge < -0.3 is 29.0 Å². The second-order valence-corrected chi connectivity index (χ2v) is 9.13. The SMILES string of the molecule is CC(C)CCCOCCOCCOCCOCCNC(=O)CCCCCCCCOC(C)C. The van der Waals surface area contributed by atoms with Crippen LogP contribution in [-0.2, 0) is 28.5 Å². The van der Waals surface area contributed by atoms with E-state index in [2.05, 4.69) is 33.0 Å². The van der Waals surface area contributed by atoms with Gasteiger partial charge in [0.15, 0.2) is 0 Å². The molecule has 0 aromatic heterocycles. The highest BCUT2D eigenvalue weighted by atomic mass is 16.6. The molecule has 0 rings (SSSR count). The summed E-state index contributed by atoms with van der Waals surface area (Å²) in [6, 6.07) is 0. The maximum absolute atomic E-state index is 11.8. The molecular formula is C26H53NO6. The Morgan fingerprint density at radius 2 is 1.12 bits per heavy atom. The molecule has 1 N–H and O–H groups in total. The third-order valence-electron chi connectivity index (χ3n) is 5.00. The maximum atomic E-state index is 11.8. The molecule has 0 saturated heterocycles. The molecule has 7 nitrogen and oxygen atoms in total. The zero-order chi connectivity index (χ0) is 24.4. The van der Waals surface area contributed by atoms with Gasteiger partial charge in [0.2, 0.25) is 5.91 Å². The van der Waals surface area contributed by atoms with E-state index in [9.17, 15) is 4.79 Å². The Morgan fingerprint density at radius 1 is 0.606 bits per heavy atom. The van der Waals surface area contributed by atoms with Crippen molar-refractivity contribution < 1.29 is 28.5 Å². The number of rotatable bonds is 26. The highest BCUT2D eigenvalue weighted by Crippen LogP contribution is 2.07. The highest BCUT2D eigenvalue weighted by Gasteiger charge is 2.01. The van der Waals surface area contributed by atoms with Crippen LogP contribution in [0.15, 0.2) is 0 Å². The van der Waals surface area contributed by atoms with Crippen molar-refractivity contribution in [2.24, 2.45) is 5.92 Å². The van der Waals surface area contributed by atoms with E-state index in [1.807, 2.05) is 0 Å². The Balaban J connectivity index is 3.15. The summed E-state index contributed by atoms with van der Waals surface area (Å²) in [7, 11) is 0. The summed E-state index contributed by atoms with van der Waals surface area (Å²) < 4.78 is 27.5. The Hall–Kier alpha value is -0.730. The van der Waals surface area contributed by atoms with Crippen molar-refractivity contribution in [3.63, 3.8) is 0 Å². The molecule has 0 aromatic rings. The van der Waals surface area contributed by atoms with E-state index in [-0.39, 0.29) is 5.91 Å². The van der Waals surface area contributed by atoms with E-state index in [1.54, 1.807) is 0 Å². The van der Waals surface area contributed by atoms with Crippen molar-refractivity contribution in [1.29, 1.82) is 0 Å². The van der Waals surface area contributed by atoms with Gasteiger partial charge in [0.05, 0.1) is 52.4 Å². The van der Waals surface area contributed by atoms with Crippen LogP contribution in [0, 0.1) is 5.92 Å². The van der Waals surface area contributed by atoms with E-state index >= 15 is 0 Å². The molecule has 0 aliphatic rings. The third-order valence-corrected chi connectivity index (χ3v) is 5.00. The lowest BCUT2D eigenvalue weighted by Gasteiger charge is -2.09. The Bertz CT molecular complexity index is 406. The fraction of sp³-hybridized carbons (Fsp3) is 0.962. The monoisotopic (exact) mass is 475 g/mol. The minimum atomic E-state index is 0.112. The Labute approximate surface area is 203 Å². The van der Waals surface area contributed by atoms with Crippen LogP contribution in [0.2, 0.25) is 0 Å². The fourth-order valence-electron chi connectivity index (χ4n) is 3.12. The van der Waals surface area contributed by atoms with E-state index in [1.165, 1.54) is 25.7 Å². The molecule has 7 heteroatoms. The molecule has 0 atom stereocenters. The first-order valence-electron chi connectivity index (χ1n) is 13.2. The molecular weight excluding hydrogens is 422 g/mol. The molecule has 0 bridgehead atoms. The van der Waals surface area contributed by atoms with Crippen LogP contribution in [0.3, 0.4) is 0 Å². The number of carbonyl (C=O) groups excluding carboxylic acids is 1. The van der Waals surface area contributed by atoms with E-state index < -0.39 is 0 Å². The topological polar surface area (TPSA) is 75.3 Å². The zero-order valence-electron chi connectivity index (χ0n) is 22.0. The van der Waals surface area contributed by atoms with Gasteiger partial charge in [0, 0.05) is 26.2 Å². The van der Waals surface area contributed by atoms with Gasteiger partial charge in [0.25, 0.3) is 0 Å². The highest BCUT2D eigenvalue weighted by molar-refractivity contribution is 5.75. The summed E-state index contributed by atoms with van der Waals surface area (Å²) in [4.78, 5) is 11.8. The standard InChI is InChI=1S/C26H53NO6/c1-24(2)12-11-15-29-18-20-31-22-23-32-21-19-30-17-14-27-26(28)13-9-7-5-6-8-10-16-33-25(3)4/h24-25H,5-23H2,1-4H3,(H,27,28). The second-order valence-electron chi connectivity index (χ2n) is 9.13. The largest absolute Gasteiger partial charge is 0.379 e. The summed E-state index contributed by atoms with van der Waals surface area (Å²) in [5, 5.41) is 2.91. The summed E-state index contributed by atoms with van der Waals surface area (Å²) in [6.07, 6.45) is 10.1. The molecule has 0 aliphatic carbocycles. The molecule has 0 aliphatic heterocycles. The van der Waals surface area contributed by atoms with Crippen LogP contribution in [-0.4, -0.2) is 78.0 Å². The van der Waals surface area contributed by atoms with Crippen LogP contribution in [0.25, 0.3) is 0 Å². The van der Waals surface area contributed by atoms with Crippen LogP contribution < -0.4 is 5.32 Å². The molecule has 0 aromatic carbocycles. The van der Waals surface area contributed by atoms with Crippen LogP contribution in [0.5, 0.6) is 0 Å². The van der Waals surface area contributed by atoms with Crippen molar-refractivity contribution in [1.82, 2.24) is 5.32 Å². The number of hydrogen-bond acceptors (Lipinski definition) is 6. The average molecular weight is 476 g/mol. The number of unbranched alkanes of at least 4 members (excludes halogenated alkanes) is 5. The summed E-state index contributed by atoms with van der Waals surface area (Å²) in [5.74, 6) is 0.849. The molecule has 0 heterocycles. The number of carbonyl (C=O) groups is 1. The van der Waals surface area contributed by atoms with Crippen molar-refractivity contribution in [3.8, 4) is 0 Å². The van der Waals surface area contributed by atoms with Gasteiger partial charge in [-0.3, -0.25) is 4.79 Å². The van der Waals surface area contributed by atoms with Gasteiger partial charge in [-0.05, 0) is 45.4 Å². The van der Waals surface area contributed by atoms with E-state index in [4.69, 9.17) is 23.7 Å². The minimum absolute atomic E-state index is 0.112.